The SMILES string of the molecule is FC(F)(F)CCCN1C2CCC1CC(Cl)C2. The van der Waals surface area contributed by atoms with Crippen molar-refractivity contribution < 1.29 is 13.2 Å². The molecule has 2 heterocycles. The fraction of sp³-hybridized carbons (Fsp3) is 1.00. The van der Waals surface area contributed by atoms with Gasteiger partial charge >= 0.3 is 6.18 Å². The second kappa shape index (κ2) is 4.73. The second-order valence-corrected chi connectivity index (χ2v) is 5.53. The van der Waals surface area contributed by atoms with E-state index in [9.17, 15) is 13.2 Å². The highest BCUT2D eigenvalue weighted by molar-refractivity contribution is 6.20. The van der Waals surface area contributed by atoms with Gasteiger partial charge in [0, 0.05) is 23.9 Å². The Bertz CT molecular complexity index is 230. The molecule has 0 radical (unpaired) electrons. The van der Waals surface area contributed by atoms with Gasteiger partial charge in [-0.3, -0.25) is 4.90 Å². The van der Waals surface area contributed by atoms with E-state index in [0.717, 1.165) is 25.7 Å². The van der Waals surface area contributed by atoms with Crippen LogP contribution < -0.4 is 0 Å². The number of fused-ring (bicyclic) bond motifs is 2. The van der Waals surface area contributed by atoms with E-state index in [1.54, 1.807) is 0 Å². The van der Waals surface area contributed by atoms with Gasteiger partial charge in [-0.05, 0) is 38.6 Å². The Morgan fingerprint density at radius 3 is 2.19 bits per heavy atom. The molecule has 0 amide bonds. The van der Waals surface area contributed by atoms with Gasteiger partial charge in [-0.1, -0.05) is 0 Å². The molecule has 0 aliphatic carbocycles. The van der Waals surface area contributed by atoms with Crippen LogP contribution in [-0.4, -0.2) is 35.1 Å². The molecular formula is C11H17ClF3N. The lowest BCUT2D eigenvalue weighted by Gasteiger charge is -2.37. The van der Waals surface area contributed by atoms with Crippen LogP contribution in [0.4, 0.5) is 13.2 Å². The molecule has 2 unspecified atom stereocenters. The van der Waals surface area contributed by atoms with Crippen LogP contribution in [0.15, 0.2) is 0 Å². The van der Waals surface area contributed by atoms with Crippen molar-refractivity contribution in [3.8, 4) is 0 Å². The van der Waals surface area contributed by atoms with Gasteiger partial charge in [0.1, 0.15) is 0 Å². The lowest BCUT2D eigenvalue weighted by atomic mass is 10.0. The molecule has 0 aromatic rings. The summed E-state index contributed by atoms with van der Waals surface area (Å²) in [5, 5.41) is 0.233. The Labute approximate surface area is 98.9 Å². The van der Waals surface area contributed by atoms with Gasteiger partial charge in [-0.15, -0.1) is 11.6 Å². The van der Waals surface area contributed by atoms with Crippen LogP contribution in [0.3, 0.4) is 0 Å². The molecule has 2 atom stereocenters. The number of rotatable bonds is 3. The lowest BCUT2D eigenvalue weighted by molar-refractivity contribution is -0.136. The summed E-state index contributed by atoms with van der Waals surface area (Å²) in [6.07, 6.45) is -0.325. The average Bonchev–Trinajstić information content (AvgIpc) is 2.41. The van der Waals surface area contributed by atoms with Gasteiger partial charge in [0.05, 0.1) is 0 Å². The van der Waals surface area contributed by atoms with Crippen molar-refractivity contribution in [2.45, 2.75) is 62.2 Å². The van der Waals surface area contributed by atoms with Gasteiger partial charge in [-0.25, -0.2) is 0 Å². The standard InChI is InChI=1S/C11H17ClF3N/c12-8-6-9-2-3-10(7-8)16(9)5-1-4-11(13,14)15/h8-10H,1-7H2. The Morgan fingerprint density at radius 2 is 1.69 bits per heavy atom. The lowest BCUT2D eigenvalue weighted by Crippen LogP contribution is -2.43. The van der Waals surface area contributed by atoms with Crippen LogP contribution in [0.5, 0.6) is 0 Å². The highest BCUT2D eigenvalue weighted by Crippen LogP contribution is 2.38. The molecule has 2 rings (SSSR count). The number of nitrogens with zero attached hydrogens (tertiary/aromatic N) is 1. The number of hydrogen-bond donors (Lipinski definition) is 0. The van der Waals surface area contributed by atoms with E-state index >= 15 is 0 Å². The summed E-state index contributed by atoms with van der Waals surface area (Å²) in [4.78, 5) is 2.25. The summed E-state index contributed by atoms with van der Waals surface area (Å²) >= 11 is 6.11. The highest BCUT2D eigenvalue weighted by atomic mass is 35.5. The summed E-state index contributed by atoms with van der Waals surface area (Å²) in [5.41, 5.74) is 0. The molecule has 0 aromatic carbocycles. The maximum atomic E-state index is 12.0. The maximum absolute atomic E-state index is 12.0. The van der Waals surface area contributed by atoms with E-state index < -0.39 is 12.6 Å². The Balaban J connectivity index is 1.79. The summed E-state index contributed by atoms with van der Waals surface area (Å²) in [5.74, 6) is 0. The van der Waals surface area contributed by atoms with Crippen molar-refractivity contribution in [1.82, 2.24) is 4.90 Å². The summed E-state index contributed by atoms with van der Waals surface area (Å²) in [6, 6.07) is 0.879. The van der Waals surface area contributed by atoms with Crippen LogP contribution in [-0.2, 0) is 0 Å². The smallest absolute Gasteiger partial charge is 0.297 e. The molecule has 16 heavy (non-hydrogen) atoms. The minimum atomic E-state index is -4.01. The first kappa shape index (κ1) is 12.5. The van der Waals surface area contributed by atoms with Crippen molar-refractivity contribution in [1.29, 1.82) is 0 Å². The van der Waals surface area contributed by atoms with Crippen molar-refractivity contribution in [2.75, 3.05) is 6.54 Å². The van der Waals surface area contributed by atoms with Crippen LogP contribution >= 0.6 is 11.6 Å². The van der Waals surface area contributed by atoms with E-state index in [4.69, 9.17) is 11.6 Å². The first-order valence-electron chi connectivity index (χ1n) is 5.92. The van der Waals surface area contributed by atoms with Gasteiger partial charge < -0.3 is 0 Å². The largest absolute Gasteiger partial charge is 0.389 e. The predicted octanol–water partition coefficient (Wildman–Crippen LogP) is 3.56. The van der Waals surface area contributed by atoms with E-state index in [1.807, 2.05) is 0 Å². The average molecular weight is 256 g/mol. The molecule has 1 nitrogen and oxygen atoms in total. The fourth-order valence-electron chi connectivity index (χ4n) is 3.03. The Hall–Kier alpha value is 0.0400. The number of piperidine rings is 1. The zero-order valence-electron chi connectivity index (χ0n) is 9.14. The van der Waals surface area contributed by atoms with Crippen LogP contribution in [0.1, 0.15) is 38.5 Å². The first-order chi connectivity index (χ1) is 7.46. The molecule has 0 aromatic heterocycles. The monoisotopic (exact) mass is 255 g/mol. The normalized spacial score (nSPS) is 35.6. The zero-order chi connectivity index (χ0) is 11.8. The first-order valence-corrected chi connectivity index (χ1v) is 6.36. The van der Waals surface area contributed by atoms with E-state index in [-0.39, 0.29) is 11.8 Å². The Kier molecular flexibility index (Phi) is 3.69. The number of halogens is 4. The fourth-order valence-corrected chi connectivity index (χ4v) is 3.45. The minimum Gasteiger partial charge on any atom is -0.297 e. The number of hydrogen-bond acceptors (Lipinski definition) is 1. The van der Waals surface area contributed by atoms with Gasteiger partial charge in [-0.2, -0.15) is 13.2 Å². The van der Waals surface area contributed by atoms with Crippen LogP contribution in [0, 0.1) is 0 Å². The molecule has 5 heteroatoms. The van der Waals surface area contributed by atoms with Crippen molar-refractivity contribution >= 4 is 11.6 Å². The summed E-state index contributed by atoms with van der Waals surface area (Å²) in [7, 11) is 0. The third-order valence-electron chi connectivity index (χ3n) is 3.70. The molecule has 2 saturated heterocycles. The third kappa shape index (κ3) is 3.04. The molecular weight excluding hydrogens is 239 g/mol. The minimum absolute atomic E-state index is 0.226. The molecule has 2 fully saturated rings. The molecule has 2 bridgehead atoms. The molecule has 0 N–H and O–H groups in total. The summed E-state index contributed by atoms with van der Waals surface area (Å²) in [6.45, 7) is 0.582. The van der Waals surface area contributed by atoms with Gasteiger partial charge in [0.15, 0.2) is 0 Å². The zero-order valence-corrected chi connectivity index (χ0v) is 9.90. The van der Waals surface area contributed by atoms with Gasteiger partial charge in [0.25, 0.3) is 0 Å². The van der Waals surface area contributed by atoms with E-state index in [0.29, 0.717) is 18.6 Å². The van der Waals surface area contributed by atoms with E-state index in [1.165, 1.54) is 0 Å². The van der Waals surface area contributed by atoms with Crippen LogP contribution in [0.2, 0.25) is 0 Å². The summed E-state index contributed by atoms with van der Waals surface area (Å²) < 4.78 is 36.1. The number of alkyl halides is 4. The second-order valence-electron chi connectivity index (χ2n) is 4.91. The Morgan fingerprint density at radius 1 is 1.12 bits per heavy atom. The third-order valence-corrected chi connectivity index (χ3v) is 4.06. The van der Waals surface area contributed by atoms with Crippen molar-refractivity contribution in [3.05, 3.63) is 0 Å². The molecule has 2 aliphatic heterocycles. The quantitative estimate of drug-likeness (QED) is 0.697. The molecule has 94 valence electrons. The predicted molar refractivity (Wildman–Crippen MR) is 57.7 cm³/mol. The van der Waals surface area contributed by atoms with E-state index in [2.05, 4.69) is 4.90 Å². The van der Waals surface area contributed by atoms with Crippen LogP contribution in [0.25, 0.3) is 0 Å². The highest BCUT2D eigenvalue weighted by Gasteiger charge is 2.40. The van der Waals surface area contributed by atoms with Crippen molar-refractivity contribution in [2.24, 2.45) is 0 Å². The molecule has 0 saturated carbocycles. The van der Waals surface area contributed by atoms with Gasteiger partial charge in [0.2, 0.25) is 0 Å². The maximum Gasteiger partial charge on any atom is 0.389 e. The molecule has 0 spiro atoms. The molecule has 2 aliphatic rings. The van der Waals surface area contributed by atoms with Crippen molar-refractivity contribution in [3.63, 3.8) is 0 Å². The topological polar surface area (TPSA) is 3.24 Å².